The Hall–Kier alpha value is -4.15. The van der Waals surface area contributed by atoms with Gasteiger partial charge in [-0.3, -0.25) is 9.59 Å². The minimum atomic E-state index is -0.996. The van der Waals surface area contributed by atoms with E-state index in [-0.39, 0.29) is 37.6 Å². The molecule has 0 aliphatic carbocycles. The summed E-state index contributed by atoms with van der Waals surface area (Å²) in [4.78, 5) is 24.0. The predicted octanol–water partition coefficient (Wildman–Crippen LogP) is 6.67. The Balaban J connectivity index is 1.32. The molecule has 234 valence electrons. The standard InChI is InChI=1S/C36H37NO7S/c1-42-31-8-4-5-9-33(31)45-23-29-20-32(26-12-10-24(22-38)11-13-26)44-36(43-29)27-16-14-25(15-17-27)30-7-3-2-6-28(30)21-37-34(39)18-19-35(40)41/h2-17,29,32,36,38H,18-23H2,1H3,(H,37,39)(H,40,41)/t29-,32+,36+/m1/s1. The minimum absolute atomic E-state index is 0.0116. The molecule has 0 unspecified atom stereocenters. The molecule has 1 aliphatic heterocycles. The van der Waals surface area contributed by atoms with E-state index in [4.69, 9.17) is 19.3 Å². The molecule has 0 radical (unpaired) electrons. The molecular formula is C36H37NO7S. The third-order valence-corrected chi connectivity index (χ3v) is 8.85. The van der Waals surface area contributed by atoms with Crippen LogP contribution in [0.25, 0.3) is 11.1 Å². The Bertz CT molecular complexity index is 1580. The molecule has 3 atom stereocenters. The van der Waals surface area contributed by atoms with Gasteiger partial charge in [-0.25, -0.2) is 0 Å². The van der Waals surface area contributed by atoms with E-state index in [2.05, 4.69) is 5.32 Å². The monoisotopic (exact) mass is 627 g/mol. The van der Waals surface area contributed by atoms with Crippen molar-refractivity contribution in [3.8, 4) is 16.9 Å². The Labute approximate surface area is 267 Å². The number of para-hydroxylation sites is 1. The number of rotatable bonds is 13. The molecule has 4 aromatic carbocycles. The topological polar surface area (TPSA) is 114 Å². The lowest BCUT2D eigenvalue weighted by atomic mass is 9.97. The molecule has 9 heteroatoms. The third-order valence-electron chi connectivity index (χ3n) is 7.66. The highest BCUT2D eigenvalue weighted by molar-refractivity contribution is 7.99. The van der Waals surface area contributed by atoms with Crippen molar-refractivity contribution in [2.75, 3.05) is 12.9 Å². The molecule has 1 fully saturated rings. The zero-order chi connectivity index (χ0) is 31.6. The summed E-state index contributed by atoms with van der Waals surface area (Å²) in [5.74, 6) is 0.254. The van der Waals surface area contributed by atoms with Gasteiger partial charge in [0.05, 0.1) is 32.3 Å². The summed E-state index contributed by atoms with van der Waals surface area (Å²) in [6.07, 6.45) is -0.437. The lowest BCUT2D eigenvalue weighted by Gasteiger charge is -2.36. The van der Waals surface area contributed by atoms with Crippen LogP contribution in [0.5, 0.6) is 5.75 Å². The Kier molecular flexibility index (Phi) is 11.3. The van der Waals surface area contributed by atoms with E-state index in [0.29, 0.717) is 13.0 Å². The van der Waals surface area contributed by atoms with Crippen molar-refractivity contribution >= 4 is 23.6 Å². The van der Waals surface area contributed by atoms with E-state index in [0.717, 1.165) is 49.8 Å². The highest BCUT2D eigenvalue weighted by Gasteiger charge is 2.32. The van der Waals surface area contributed by atoms with E-state index in [1.54, 1.807) is 18.9 Å². The van der Waals surface area contributed by atoms with Gasteiger partial charge in [-0.1, -0.05) is 84.9 Å². The first-order valence-corrected chi connectivity index (χ1v) is 15.8. The van der Waals surface area contributed by atoms with Crippen LogP contribution in [-0.4, -0.2) is 41.1 Å². The molecule has 45 heavy (non-hydrogen) atoms. The number of methoxy groups -OCH3 is 1. The molecule has 1 amide bonds. The predicted molar refractivity (Wildman–Crippen MR) is 173 cm³/mol. The second-order valence-electron chi connectivity index (χ2n) is 10.8. The van der Waals surface area contributed by atoms with Crippen molar-refractivity contribution in [3.05, 3.63) is 119 Å². The fourth-order valence-electron chi connectivity index (χ4n) is 5.22. The lowest BCUT2D eigenvalue weighted by molar-refractivity contribution is -0.245. The van der Waals surface area contributed by atoms with Gasteiger partial charge in [0.1, 0.15) is 5.75 Å². The summed E-state index contributed by atoms with van der Waals surface area (Å²) in [5.41, 5.74) is 5.65. The first-order chi connectivity index (χ1) is 21.9. The third kappa shape index (κ3) is 8.73. The fraction of sp³-hybridized carbons (Fsp3) is 0.278. The smallest absolute Gasteiger partial charge is 0.303 e. The number of aliphatic carboxylic acids is 1. The van der Waals surface area contributed by atoms with Crippen LogP contribution in [0.15, 0.2) is 102 Å². The molecule has 1 aliphatic rings. The van der Waals surface area contributed by atoms with Crippen molar-refractivity contribution in [2.45, 2.75) is 55.8 Å². The average Bonchev–Trinajstić information content (AvgIpc) is 3.09. The van der Waals surface area contributed by atoms with Gasteiger partial charge in [0.15, 0.2) is 6.29 Å². The van der Waals surface area contributed by atoms with Crippen LogP contribution in [0.4, 0.5) is 0 Å². The van der Waals surface area contributed by atoms with E-state index >= 15 is 0 Å². The number of aliphatic hydroxyl groups excluding tert-OH is 1. The summed E-state index contributed by atoms with van der Waals surface area (Å²) in [7, 11) is 1.67. The number of carbonyl (C=O) groups excluding carboxylic acids is 1. The highest BCUT2D eigenvalue weighted by Crippen LogP contribution is 2.41. The maximum absolute atomic E-state index is 12.1. The summed E-state index contributed by atoms with van der Waals surface area (Å²) in [6.45, 7) is 0.288. The van der Waals surface area contributed by atoms with Crippen molar-refractivity contribution in [3.63, 3.8) is 0 Å². The van der Waals surface area contributed by atoms with Crippen LogP contribution in [0, 0.1) is 0 Å². The molecule has 0 aromatic heterocycles. The van der Waals surface area contributed by atoms with Gasteiger partial charge < -0.3 is 29.7 Å². The van der Waals surface area contributed by atoms with Gasteiger partial charge >= 0.3 is 5.97 Å². The Morgan fingerprint density at radius 2 is 1.60 bits per heavy atom. The first kappa shape index (κ1) is 32.2. The number of carboxylic acid groups (broad SMARTS) is 1. The zero-order valence-electron chi connectivity index (χ0n) is 25.1. The molecule has 0 saturated carbocycles. The summed E-state index contributed by atoms with van der Waals surface area (Å²) >= 11 is 1.69. The normalized spacial score (nSPS) is 17.9. The molecule has 5 rings (SSSR count). The van der Waals surface area contributed by atoms with Crippen LogP contribution in [0.2, 0.25) is 0 Å². The summed E-state index contributed by atoms with van der Waals surface area (Å²) < 4.78 is 18.6. The number of carbonyl (C=O) groups is 2. The Morgan fingerprint density at radius 3 is 2.33 bits per heavy atom. The SMILES string of the molecule is COc1ccccc1SC[C@H]1C[C@@H](c2ccc(CO)cc2)O[C@@H](c2ccc(-c3ccccc3CNC(=O)CCC(=O)O)cc2)O1. The quantitative estimate of drug-likeness (QED) is 0.141. The average molecular weight is 628 g/mol. The van der Waals surface area contributed by atoms with E-state index in [9.17, 15) is 14.7 Å². The van der Waals surface area contributed by atoms with Gasteiger partial charge in [-0.15, -0.1) is 11.8 Å². The molecule has 1 saturated heterocycles. The fourth-order valence-corrected chi connectivity index (χ4v) is 6.27. The van der Waals surface area contributed by atoms with Gasteiger partial charge in [-0.2, -0.15) is 0 Å². The van der Waals surface area contributed by atoms with Crippen molar-refractivity contribution < 1.29 is 34.0 Å². The number of carboxylic acids is 1. The maximum atomic E-state index is 12.1. The van der Waals surface area contributed by atoms with Crippen LogP contribution in [-0.2, 0) is 32.2 Å². The van der Waals surface area contributed by atoms with Crippen molar-refractivity contribution in [2.24, 2.45) is 0 Å². The number of ether oxygens (including phenoxy) is 3. The number of nitrogens with one attached hydrogen (secondary N) is 1. The highest BCUT2D eigenvalue weighted by atomic mass is 32.2. The first-order valence-electron chi connectivity index (χ1n) is 14.9. The number of benzene rings is 4. The number of hydrogen-bond donors (Lipinski definition) is 3. The molecule has 3 N–H and O–H groups in total. The number of aliphatic hydroxyl groups is 1. The molecule has 0 bridgehead atoms. The van der Waals surface area contributed by atoms with Crippen LogP contribution in [0.1, 0.15) is 53.9 Å². The van der Waals surface area contributed by atoms with Gasteiger partial charge in [0, 0.05) is 35.6 Å². The van der Waals surface area contributed by atoms with E-state index < -0.39 is 12.3 Å². The molecular weight excluding hydrogens is 590 g/mol. The number of amides is 1. The maximum Gasteiger partial charge on any atom is 0.303 e. The minimum Gasteiger partial charge on any atom is -0.496 e. The summed E-state index contributed by atoms with van der Waals surface area (Å²) in [5, 5.41) is 21.2. The largest absolute Gasteiger partial charge is 0.496 e. The molecule has 4 aromatic rings. The molecule has 0 spiro atoms. The van der Waals surface area contributed by atoms with Gasteiger partial charge in [0.2, 0.25) is 5.91 Å². The zero-order valence-corrected chi connectivity index (χ0v) is 25.9. The van der Waals surface area contributed by atoms with Gasteiger partial charge in [0.25, 0.3) is 0 Å². The second kappa shape index (κ2) is 15.7. The van der Waals surface area contributed by atoms with Gasteiger partial charge in [-0.05, 0) is 39.9 Å². The molecule has 8 nitrogen and oxygen atoms in total. The van der Waals surface area contributed by atoms with Crippen LogP contribution >= 0.6 is 11.8 Å². The summed E-state index contributed by atoms with van der Waals surface area (Å²) in [6, 6.07) is 31.7. The van der Waals surface area contributed by atoms with E-state index in [1.807, 2.05) is 97.1 Å². The molecule has 1 heterocycles. The lowest BCUT2D eigenvalue weighted by Crippen LogP contribution is -2.31. The Morgan fingerprint density at radius 1 is 0.889 bits per heavy atom. The van der Waals surface area contributed by atoms with Crippen molar-refractivity contribution in [1.82, 2.24) is 5.32 Å². The van der Waals surface area contributed by atoms with E-state index in [1.165, 1.54) is 0 Å². The number of hydrogen-bond acceptors (Lipinski definition) is 7. The number of thioether (sulfide) groups is 1. The second-order valence-corrected chi connectivity index (χ2v) is 11.8. The van der Waals surface area contributed by atoms with Crippen LogP contribution in [0.3, 0.4) is 0 Å². The van der Waals surface area contributed by atoms with Crippen molar-refractivity contribution in [1.29, 1.82) is 0 Å². The van der Waals surface area contributed by atoms with Crippen LogP contribution < -0.4 is 10.1 Å².